The fourth-order valence-corrected chi connectivity index (χ4v) is 4.57. The number of carbonyl (C=O) groups is 1. The van der Waals surface area contributed by atoms with Gasteiger partial charge in [-0.05, 0) is 31.2 Å². The average molecular weight is 241 g/mol. The van der Waals surface area contributed by atoms with Crippen LogP contribution in [0.5, 0.6) is 0 Å². The van der Waals surface area contributed by atoms with E-state index < -0.39 is 0 Å². The molecule has 94 valence electrons. The SMILES string of the molecule is CC1(c2ccccc2)[C@H]2C[C@@H]3CN1C[C@H](C2)C3=O. The molecule has 18 heavy (non-hydrogen) atoms. The standard InChI is InChI=1S/C16H19NO/c1-16(13-5-3-2-4-6-13)14-7-11-9-17(16)10-12(8-14)15(11)18/h2-6,11-12,14H,7-10H2,1H3/t11-,12+,14+,16?. The van der Waals surface area contributed by atoms with Gasteiger partial charge in [-0.3, -0.25) is 9.69 Å². The van der Waals surface area contributed by atoms with E-state index in [1.54, 1.807) is 0 Å². The van der Waals surface area contributed by atoms with Crippen LogP contribution < -0.4 is 0 Å². The molecule has 5 rings (SSSR count). The molecule has 0 amide bonds. The van der Waals surface area contributed by atoms with Crippen LogP contribution >= 0.6 is 0 Å². The lowest BCUT2D eigenvalue weighted by molar-refractivity contribution is -0.160. The Labute approximate surface area is 108 Å². The van der Waals surface area contributed by atoms with E-state index >= 15 is 0 Å². The summed E-state index contributed by atoms with van der Waals surface area (Å²) in [5.41, 5.74) is 1.59. The van der Waals surface area contributed by atoms with Gasteiger partial charge in [0.15, 0.2) is 0 Å². The summed E-state index contributed by atoms with van der Waals surface area (Å²) in [7, 11) is 0. The maximum absolute atomic E-state index is 12.1. The van der Waals surface area contributed by atoms with Crippen molar-refractivity contribution in [1.29, 1.82) is 0 Å². The van der Waals surface area contributed by atoms with Gasteiger partial charge in [-0.1, -0.05) is 30.3 Å². The average Bonchev–Trinajstić information content (AvgIpc) is 2.38. The smallest absolute Gasteiger partial charge is 0.141 e. The van der Waals surface area contributed by atoms with Crippen molar-refractivity contribution >= 4 is 5.78 Å². The van der Waals surface area contributed by atoms with Crippen molar-refractivity contribution in [2.24, 2.45) is 17.8 Å². The minimum absolute atomic E-state index is 0.162. The summed E-state index contributed by atoms with van der Waals surface area (Å²) in [5, 5.41) is 0. The lowest BCUT2D eigenvalue weighted by atomic mass is 9.57. The number of nitrogens with zero attached hydrogens (tertiary/aromatic N) is 1. The third-order valence-electron chi connectivity index (χ3n) is 5.63. The Bertz CT molecular complexity index is 461. The molecule has 2 nitrogen and oxygen atoms in total. The van der Waals surface area contributed by atoms with Gasteiger partial charge in [0.05, 0.1) is 0 Å². The molecule has 2 heteroatoms. The number of ketones is 1. The third-order valence-corrected chi connectivity index (χ3v) is 5.63. The lowest BCUT2D eigenvalue weighted by Gasteiger charge is -2.61. The van der Waals surface area contributed by atoms with E-state index in [2.05, 4.69) is 42.2 Å². The van der Waals surface area contributed by atoms with Crippen molar-refractivity contribution in [3.63, 3.8) is 0 Å². The number of hydrogen-bond acceptors (Lipinski definition) is 2. The molecule has 2 unspecified atom stereocenters. The molecule has 4 fully saturated rings. The predicted molar refractivity (Wildman–Crippen MR) is 70.1 cm³/mol. The second-order valence-electron chi connectivity index (χ2n) is 6.38. The molecular weight excluding hydrogens is 222 g/mol. The summed E-state index contributed by atoms with van der Waals surface area (Å²) in [6, 6.07) is 10.9. The third kappa shape index (κ3) is 1.19. The fraction of sp³-hybridized carbons (Fsp3) is 0.562. The van der Waals surface area contributed by atoms with Gasteiger partial charge >= 0.3 is 0 Å². The number of rotatable bonds is 1. The van der Waals surface area contributed by atoms with E-state index in [0.717, 1.165) is 25.9 Å². The highest BCUT2D eigenvalue weighted by Crippen LogP contribution is 2.54. The van der Waals surface area contributed by atoms with Crippen LogP contribution in [0.3, 0.4) is 0 Å². The molecule has 3 saturated heterocycles. The summed E-state index contributed by atoms with van der Waals surface area (Å²) in [6.45, 7) is 4.35. The second kappa shape index (κ2) is 3.45. The van der Waals surface area contributed by atoms with E-state index in [1.165, 1.54) is 5.56 Å². The maximum Gasteiger partial charge on any atom is 0.141 e. The Morgan fingerprint density at radius 3 is 2.28 bits per heavy atom. The zero-order valence-corrected chi connectivity index (χ0v) is 10.8. The van der Waals surface area contributed by atoms with Crippen molar-refractivity contribution in [3.05, 3.63) is 35.9 Å². The van der Waals surface area contributed by atoms with Gasteiger partial charge in [-0.25, -0.2) is 0 Å². The number of carbonyl (C=O) groups excluding carboxylic acids is 1. The first-order chi connectivity index (χ1) is 8.69. The number of hydrogen-bond donors (Lipinski definition) is 0. The molecule has 0 spiro atoms. The van der Waals surface area contributed by atoms with Crippen LogP contribution in [-0.2, 0) is 10.3 Å². The maximum atomic E-state index is 12.1. The Balaban J connectivity index is 1.78. The number of piperidine rings is 3. The van der Waals surface area contributed by atoms with Crippen LogP contribution in [0.25, 0.3) is 0 Å². The van der Waals surface area contributed by atoms with Gasteiger partial charge < -0.3 is 0 Å². The summed E-state index contributed by atoms with van der Waals surface area (Å²) in [6.07, 6.45) is 2.22. The number of benzene rings is 1. The molecular formula is C16H19NO. The molecule has 1 aromatic carbocycles. The molecule has 4 bridgehead atoms. The van der Waals surface area contributed by atoms with Crippen LogP contribution in [-0.4, -0.2) is 23.8 Å². The highest BCUT2D eigenvalue weighted by Gasteiger charge is 2.57. The highest BCUT2D eigenvalue weighted by molar-refractivity contribution is 5.86. The van der Waals surface area contributed by atoms with Crippen molar-refractivity contribution in [1.82, 2.24) is 4.90 Å². The van der Waals surface area contributed by atoms with Gasteiger partial charge in [0.1, 0.15) is 5.78 Å². The van der Waals surface area contributed by atoms with Gasteiger partial charge in [0.25, 0.3) is 0 Å². The van der Waals surface area contributed by atoms with Crippen LogP contribution in [0.2, 0.25) is 0 Å². The minimum Gasteiger partial charge on any atom is -0.299 e. The quantitative estimate of drug-likeness (QED) is 0.752. The number of Topliss-reactive ketones (excluding diaryl/α,β-unsaturated/α-hetero) is 1. The van der Waals surface area contributed by atoms with E-state index in [1.807, 2.05) is 0 Å². The second-order valence-corrected chi connectivity index (χ2v) is 6.38. The summed E-state index contributed by atoms with van der Waals surface area (Å²) in [4.78, 5) is 14.7. The predicted octanol–water partition coefficient (Wildman–Crippen LogP) is 2.44. The van der Waals surface area contributed by atoms with E-state index in [9.17, 15) is 4.79 Å². The normalized spacial score (nSPS) is 45.5. The summed E-state index contributed by atoms with van der Waals surface area (Å²) in [5.74, 6) is 1.88. The first-order valence-corrected chi connectivity index (χ1v) is 7.04. The summed E-state index contributed by atoms with van der Waals surface area (Å²) < 4.78 is 0. The lowest BCUT2D eigenvalue weighted by Crippen LogP contribution is -2.67. The van der Waals surface area contributed by atoms with E-state index in [4.69, 9.17) is 0 Å². The van der Waals surface area contributed by atoms with Crippen LogP contribution in [0.4, 0.5) is 0 Å². The molecule has 0 aromatic heterocycles. The first-order valence-electron chi connectivity index (χ1n) is 7.04. The Morgan fingerprint density at radius 2 is 1.72 bits per heavy atom. The summed E-state index contributed by atoms with van der Waals surface area (Å²) >= 11 is 0. The van der Waals surface area contributed by atoms with Gasteiger partial charge in [-0.15, -0.1) is 0 Å². The zero-order valence-electron chi connectivity index (χ0n) is 10.8. The van der Waals surface area contributed by atoms with Crippen LogP contribution in [0, 0.1) is 17.8 Å². The molecule has 1 aromatic rings. The van der Waals surface area contributed by atoms with Crippen molar-refractivity contribution in [2.75, 3.05) is 13.1 Å². The van der Waals surface area contributed by atoms with Crippen molar-refractivity contribution in [2.45, 2.75) is 25.3 Å². The molecule has 3 aliphatic heterocycles. The molecule has 3 heterocycles. The Kier molecular flexibility index (Phi) is 2.06. The van der Waals surface area contributed by atoms with Gasteiger partial charge in [0.2, 0.25) is 0 Å². The zero-order chi connectivity index (χ0) is 12.3. The van der Waals surface area contributed by atoms with Crippen molar-refractivity contribution in [3.8, 4) is 0 Å². The Hall–Kier alpha value is -1.15. The first kappa shape index (κ1) is 10.7. The van der Waals surface area contributed by atoms with Crippen LogP contribution in [0.1, 0.15) is 25.3 Å². The van der Waals surface area contributed by atoms with Gasteiger partial charge in [-0.2, -0.15) is 0 Å². The molecule has 5 atom stereocenters. The van der Waals surface area contributed by atoms with Crippen molar-refractivity contribution < 1.29 is 4.79 Å². The largest absolute Gasteiger partial charge is 0.299 e. The fourth-order valence-electron chi connectivity index (χ4n) is 4.57. The molecule has 4 aliphatic rings. The van der Waals surface area contributed by atoms with E-state index in [-0.39, 0.29) is 5.54 Å². The highest BCUT2D eigenvalue weighted by atomic mass is 16.1. The van der Waals surface area contributed by atoms with Gasteiger partial charge in [0, 0.05) is 30.5 Å². The molecule has 1 saturated carbocycles. The van der Waals surface area contributed by atoms with E-state index in [0.29, 0.717) is 23.5 Å². The Morgan fingerprint density at radius 1 is 1.11 bits per heavy atom. The molecule has 1 aliphatic carbocycles. The topological polar surface area (TPSA) is 20.3 Å². The van der Waals surface area contributed by atoms with Crippen LogP contribution in [0.15, 0.2) is 30.3 Å². The monoisotopic (exact) mass is 241 g/mol. The molecule has 0 N–H and O–H groups in total. The molecule has 0 radical (unpaired) electrons. The minimum atomic E-state index is 0.162.